The van der Waals surface area contributed by atoms with Crippen molar-refractivity contribution in [3.8, 4) is 0 Å². The maximum Gasteiger partial charge on any atom is 0.241 e. The molecule has 0 radical (unpaired) electrons. The molecule has 0 saturated carbocycles. The standard InChI is InChI=1S/C13H17N3O2/c1-8-2-4-9(5-3-8)12(14)13(18)16-10-6-11(17)15-7-10/h2-5,10,12H,6-7,14H2,1H3,(H,15,17)(H,16,18). The third-order valence-corrected chi connectivity index (χ3v) is 3.04. The van der Waals surface area contributed by atoms with Crippen LogP contribution < -0.4 is 16.4 Å². The normalized spacial score (nSPS) is 20.3. The Labute approximate surface area is 106 Å². The van der Waals surface area contributed by atoms with E-state index in [4.69, 9.17) is 5.73 Å². The van der Waals surface area contributed by atoms with Crippen LogP contribution in [-0.2, 0) is 9.59 Å². The summed E-state index contributed by atoms with van der Waals surface area (Å²) in [6.45, 7) is 2.45. The van der Waals surface area contributed by atoms with Gasteiger partial charge in [-0.2, -0.15) is 0 Å². The Kier molecular flexibility index (Phi) is 3.62. The van der Waals surface area contributed by atoms with Crippen LogP contribution in [0.2, 0.25) is 0 Å². The van der Waals surface area contributed by atoms with E-state index in [1.807, 2.05) is 31.2 Å². The molecule has 2 unspecified atom stereocenters. The van der Waals surface area contributed by atoms with E-state index < -0.39 is 6.04 Å². The number of hydrogen-bond donors (Lipinski definition) is 3. The van der Waals surface area contributed by atoms with Gasteiger partial charge in [0.05, 0.1) is 6.04 Å². The third-order valence-electron chi connectivity index (χ3n) is 3.04. The number of nitrogens with two attached hydrogens (primary N) is 1. The highest BCUT2D eigenvalue weighted by molar-refractivity contribution is 5.85. The summed E-state index contributed by atoms with van der Waals surface area (Å²) in [6, 6.07) is 6.68. The fourth-order valence-corrected chi connectivity index (χ4v) is 1.92. The molecule has 0 aliphatic carbocycles. The molecule has 18 heavy (non-hydrogen) atoms. The molecule has 1 heterocycles. The summed E-state index contributed by atoms with van der Waals surface area (Å²) in [6.07, 6.45) is 0.326. The number of carbonyl (C=O) groups is 2. The lowest BCUT2D eigenvalue weighted by molar-refractivity contribution is -0.123. The highest BCUT2D eigenvalue weighted by Gasteiger charge is 2.25. The van der Waals surface area contributed by atoms with Crippen molar-refractivity contribution >= 4 is 11.8 Å². The Bertz CT molecular complexity index is 456. The Morgan fingerprint density at radius 2 is 2.11 bits per heavy atom. The predicted molar refractivity (Wildman–Crippen MR) is 67.7 cm³/mol. The van der Waals surface area contributed by atoms with E-state index in [9.17, 15) is 9.59 Å². The Hall–Kier alpha value is -1.88. The number of aryl methyl sites for hydroxylation is 1. The number of amides is 2. The topological polar surface area (TPSA) is 84.2 Å². The molecule has 1 saturated heterocycles. The second-order valence-corrected chi connectivity index (χ2v) is 4.60. The minimum absolute atomic E-state index is 0.0378. The molecular weight excluding hydrogens is 230 g/mol. The summed E-state index contributed by atoms with van der Waals surface area (Å²) in [7, 11) is 0. The SMILES string of the molecule is Cc1ccc(C(N)C(=O)NC2CNC(=O)C2)cc1. The molecule has 96 valence electrons. The molecule has 0 spiro atoms. The van der Waals surface area contributed by atoms with Gasteiger partial charge >= 0.3 is 0 Å². The van der Waals surface area contributed by atoms with E-state index in [1.165, 1.54) is 0 Å². The monoisotopic (exact) mass is 247 g/mol. The minimum atomic E-state index is -0.693. The summed E-state index contributed by atoms with van der Waals surface area (Å²) >= 11 is 0. The van der Waals surface area contributed by atoms with Gasteiger partial charge in [0.15, 0.2) is 0 Å². The molecule has 2 amide bonds. The molecular formula is C13H17N3O2. The lowest BCUT2D eigenvalue weighted by Crippen LogP contribution is -2.41. The van der Waals surface area contributed by atoms with Crippen LogP contribution in [-0.4, -0.2) is 24.4 Å². The van der Waals surface area contributed by atoms with Crippen molar-refractivity contribution in [3.05, 3.63) is 35.4 Å². The summed E-state index contributed by atoms with van der Waals surface area (Å²) in [5.74, 6) is -0.287. The zero-order chi connectivity index (χ0) is 13.1. The first kappa shape index (κ1) is 12.6. The van der Waals surface area contributed by atoms with Crippen LogP contribution in [0.4, 0.5) is 0 Å². The number of nitrogens with one attached hydrogen (secondary N) is 2. The summed E-state index contributed by atoms with van der Waals surface area (Å²) < 4.78 is 0. The average molecular weight is 247 g/mol. The summed E-state index contributed by atoms with van der Waals surface area (Å²) in [5.41, 5.74) is 7.78. The lowest BCUT2D eigenvalue weighted by atomic mass is 10.0. The fourth-order valence-electron chi connectivity index (χ4n) is 1.92. The molecule has 1 fully saturated rings. The first-order valence-electron chi connectivity index (χ1n) is 5.95. The highest BCUT2D eigenvalue weighted by atomic mass is 16.2. The van der Waals surface area contributed by atoms with Crippen LogP contribution in [0.1, 0.15) is 23.6 Å². The highest BCUT2D eigenvalue weighted by Crippen LogP contribution is 2.12. The number of benzene rings is 1. The van der Waals surface area contributed by atoms with Gasteiger partial charge in [0.1, 0.15) is 6.04 Å². The zero-order valence-corrected chi connectivity index (χ0v) is 10.3. The van der Waals surface area contributed by atoms with E-state index in [2.05, 4.69) is 10.6 Å². The molecule has 1 aliphatic heterocycles. The van der Waals surface area contributed by atoms with Crippen molar-refractivity contribution in [2.45, 2.75) is 25.4 Å². The smallest absolute Gasteiger partial charge is 0.241 e. The van der Waals surface area contributed by atoms with E-state index in [0.717, 1.165) is 11.1 Å². The van der Waals surface area contributed by atoms with Gasteiger partial charge in [-0.1, -0.05) is 29.8 Å². The van der Waals surface area contributed by atoms with E-state index >= 15 is 0 Å². The van der Waals surface area contributed by atoms with Crippen LogP contribution >= 0.6 is 0 Å². The largest absolute Gasteiger partial charge is 0.354 e. The van der Waals surface area contributed by atoms with Crippen molar-refractivity contribution < 1.29 is 9.59 Å². The molecule has 2 atom stereocenters. The van der Waals surface area contributed by atoms with Gasteiger partial charge in [0.2, 0.25) is 11.8 Å². The van der Waals surface area contributed by atoms with Crippen LogP contribution in [0, 0.1) is 6.92 Å². The molecule has 0 bridgehead atoms. The van der Waals surface area contributed by atoms with Gasteiger partial charge < -0.3 is 16.4 Å². The Morgan fingerprint density at radius 3 is 2.67 bits per heavy atom. The number of rotatable bonds is 3. The minimum Gasteiger partial charge on any atom is -0.354 e. The molecule has 4 N–H and O–H groups in total. The molecule has 1 aliphatic rings. The van der Waals surface area contributed by atoms with E-state index in [1.54, 1.807) is 0 Å². The van der Waals surface area contributed by atoms with Crippen molar-refractivity contribution in [3.63, 3.8) is 0 Å². The molecule has 2 rings (SSSR count). The molecule has 0 aromatic heterocycles. The predicted octanol–water partition coefficient (Wildman–Crippen LogP) is -0.000480. The Balaban J connectivity index is 1.96. The molecule has 5 heteroatoms. The van der Waals surface area contributed by atoms with Crippen molar-refractivity contribution in [1.82, 2.24) is 10.6 Å². The molecule has 5 nitrogen and oxygen atoms in total. The zero-order valence-electron chi connectivity index (χ0n) is 10.3. The molecule has 1 aromatic carbocycles. The van der Waals surface area contributed by atoms with E-state index in [0.29, 0.717) is 13.0 Å². The van der Waals surface area contributed by atoms with Gasteiger partial charge in [-0.3, -0.25) is 9.59 Å². The summed E-state index contributed by atoms with van der Waals surface area (Å²) in [5, 5.41) is 5.44. The maximum atomic E-state index is 11.9. The van der Waals surface area contributed by atoms with Gasteiger partial charge in [-0.15, -0.1) is 0 Å². The van der Waals surface area contributed by atoms with Crippen molar-refractivity contribution in [2.75, 3.05) is 6.54 Å². The second-order valence-electron chi connectivity index (χ2n) is 4.60. The van der Waals surface area contributed by atoms with Gasteiger partial charge in [0, 0.05) is 13.0 Å². The van der Waals surface area contributed by atoms with Crippen LogP contribution in [0.3, 0.4) is 0 Å². The number of carbonyl (C=O) groups excluding carboxylic acids is 2. The van der Waals surface area contributed by atoms with Gasteiger partial charge in [-0.25, -0.2) is 0 Å². The van der Waals surface area contributed by atoms with Gasteiger partial charge in [0.25, 0.3) is 0 Å². The van der Waals surface area contributed by atoms with E-state index in [-0.39, 0.29) is 17.9 Å². The van der Waals surface area contributed by atoms with Crippen LogP contribution in [0.15, 0.2) is 24.3 Å². The fraction of sp³-hybridized carbons (Fsp3) is 0.385. The summed E-state index contributed by atoms with van der Waals surface area (Å²) in [4.78, 5) is 22.9. The van der Waals surface area contributed by atoms with Crippen molar-refractivity contribution in [1.29, 1.82) is 0 Å². The average Bonchev–Trinajstić information content (AvgIpc) is 2.75. The molecule has 1 aromatic rings. The second kappa shape index (κ2) is 5.18. The first-order valence-corrected chi connectivity index (χ1v) is 5.95. The number of hydrogen-bond acceptors (Lipinski definition) is 3. The van der Waals surface area contributed by atoms with Crippen LogP contribution in [0.25, 0.3) is 0 Å². The Morgan fingerprint density at radius 1 is 1.44 bits per heavy atom. The van der Waals surface area contributed by atoms with Gasteiger partial charge in [-0.05, 0) is 12.5 Å². The van der Waals surface area contributed by atoms with Crippen molar-refractivity contribution in [2.24, 2.45) is 5.73 Å². The third kappa shape index (κ3) is 2.87. The quantitative estimate of drug-likeness (QED) is 0.703. The first-order chi connectivity index (χ1) is 8.56. The van der Waals surface area contributed by atoms with Crippen LogP contribution in [0.5, 0.6) is 0 Å². The lowest BCUT2D eigenvalue weighted by Gasteiger charge is -2.16. The maximum absolute atomic E-state index is 11.9.